The van der Waals surface area contributed by atoms with Crippen molar-refractivity contribution >= 4 is 18.5 Å². The molecule has 4 heteroatoms. The molecule has 0 saturated carbocycles. The van der Waals surface area contributed by atoms with Crippen LogP contribution in [0.15, 0.2) is 29.2 Å². The van der Waals surface area contributed by atoms with Gasteiger partial charge in [-0.15, -0.1) is 12.6 Å². The third kappa shape index (κ3) is 4.70. The summed E-state index contributed by atoms with van der Waals surface area (Å²) in [7, 11) is 4.02. The van der Waals surface area contributed by atoms with E-state index < -0.39 is 0 Å². The van der Waals surface area contributed by atoms with Crippen LogP contribution in [0.2, 0.25) is 0 Å². The van der Waals surface area contributed by atoms with Gasteiger partial charge in [0.25, 0.3) is 5.91 Å². The van der Waals surface area contributed by atoms with Crippen molar-refractivity contribution in [3.05, 3.63) is 29.8 Å². The van der Waals surface area contributed by atoms with Crippen molar-refractivity contribution in [2.75, 3.05) is 20.6 Å². The summed E-state index contributed by atoms with van der Waals surface area (Å²) >= 11 is 4.21. The van der Waals surface area contributed by atoms with Gasteiger partial charge in [-0.25, -0.2) is 0 Å². The molecular weight excluding hydrogens is 244 g/mol. The number of hydrogen-bond acceptors (Lipinski definition) is 3. The number of amides is 1. The Balaban J connectivity index is 2.69. The number of nitrogens with zero attached hydrogens (tertiary/aromatic N) is 1. The summed E-state index contributed by atoms with van der Waals surface area (Å²) in [4.78, 5) is 15.0. The Kier molecular flexibility index (Phi) is 5.69. The van der Waals surface area contributed by atoms with E-state index in [0.717, 1.165) is 11.4 Å². The number of carbonyl (C=O) groups excluding carboxylic acids is 1. The van der Waals surface area contributed by atoms with Crippen molar-refractivity contribution in [2.45, 2.75) is 24.8 Å². The largest absolute Gasteiger partial charge is 0.348 e. The van der Waals surface area contributed by atoms with Crippen molar-refractivity contribution in [3.8, 4) is 0 Å². The highest BCUT2D eigenvalue weighted by Crippen LogP contribution is 2.09. The molecule has 0 spiro atoms. The molecule has 0 fully saturated rings. The molecule has 0 aliphatic carbocycles. The van der Waals surface area contributed by atoms with Gasteiger partial charge in [0, 0.05) is 23.0 Å². The summed E-state index contributed by atoms with van der Waals surface area (Å²) in [6.45, 7) is 5.07. The minimum Gasteiger partial charge on any atom is -0.348 e. The third-order valence-electron chi connectivity index (χ3n) is 2.81. The molecule has 0 bridgehead atoms. The van der Waals surface area contributed by atoms with Gasteiger partial charge in [-0.1, -0.05) is 13.8 Å². The fourth-order valence-electron chi connectivity index (χ4n) is 1.68. The molecule has 0 aromatic heterocycles. The number of benzene rings is 1. The molecule has 18 heavy (non-hydrogen) atoms. The Morgan fingerprint density at radius 3 is 2.28 bits per heavy atom. The molecule has 0 radical (unpaired) electrons. The average Bonchev–Trinajstić information content (AvgIpc) is 2.28. The van der Waals surface area contributed by atoms with Gasteiger partial charge in [0.15, 0.2) is 0 Å². The van der Waals surface area contributed by atoms with Crippen molar-refractivity contribution in [3.63, 3.8) is 0 Å². The molecule has 1 unspecified atom stereocenters. The Morgan fingerprint density at radius 1 is 1.28 bits per heavy atom. The Labute approximate surface area is 115 Å². The van der Waals surface area contributed by atoms with Gasteiger partial charge < -0.3 is 10.2 Å². The Hall–Kier alpha value is -1.00. The second-order valence-corrected chi connectivity index (χ2v) is 5.65. The lowest BCUT2D eigenvalue weighted by atomic mass is 10.0. The van der Waals surface area contributed by atoms with Gasteiger partial charge in [0.1, 0.15) is 0 Å². The maximum Gasteiger partial charge on any atom is 0.251 e. The van der Waals surface area contributed by atoms with E-state index in [0.29, 0.717) is 11.5 Å². The first-order valence-corrected chi connectivity index (χ1v) is 6.59. The second-order valence-electron chi connectivity index (χ2n) is 5.13. The number of carbonyl (C=O) groups is 1. The fourth-order valence-corrected chi connectivity index (χ4v) is 1.83. The zero-order valence-electron chi connectivity index (χ0n) is 11.5. The predicted octanol–water partition coefficient (Wildman–Crippen LogP) is 2.29. The lowest BCUT2D eigenvalue weighted by Crippen LogP contribution is -2.44. The molecule has 1 amide bonds. The molecule has 1 N–H and O–H groups in total. The van der Waals surface area contributed by atoms with E-state index in [1.165, 1.54) is 0 Å². The van der Waals surface area contributed by atoms with E-state index in [4.69, 9.17) is 0 Å². The maximum atomic E-state index is 12.1. The van der Waals surface area contributed by atoms with Crippen LogP contribution in [0.4, 0.5) is 0 Å². The lowest BCUT2D eigenvalue weighted by Gasteiger charge is -2.25. The average molecular weight is 266 g/mol. The number of thiol groups is 1. The van der Waals surface area contributed by atoms with Crippen molar-refractivity contribution in [1.82, 2.24) is 10.2 Å². The van der Waals surface area contributed by atoms with Crippen LogP contribution in [0.3, 0.4) is 0 Å². The highest BCUT2D eigenvalue weighted by Gasteiger charge is 2.17. The molecule has 1 atom stereocenters. The van der Waals surface area contributed by atoms with E-state index in [9.17, 15) is 4.79 Å². The minimum atomic E-state index is -0.0242. The molecule has 0 aliphatic rings. The SMILES string of the molecule is CC(C)C(CN(C)C)NC(=O)c1ccc(S)cc1. The number of likely N-dealkylation sites (N-methyl/N-ethyl adjacent to an activating group) is 1. The van der Waals surface area contributed by atoms with Crippen LogP contribution in [-0.2, 0) is 0 Å². The summed E-state index contributed by atoms with van der Waals surface area (Å²) in [6, 6.07) is 7.40. The van der Waals surface area contributed by atoms with Crippen molar-refractivity contribution in [1.29, 1.82) is 0 Å². The number of nitrogens with one attached hydrogen (secondary N) is 1. The van der Waals surface area contributed by atoms with Crippen molar-refractivity contribution < 1.29 is 4.79 Å². The normalized spacial score (nSPS) is 12.8. The summed E-state index contributed by atoms with van der Waals surface area (Å²) in [5.74, 6) is 0.379. The summed E-state index contributed by atoms with van der Waals surface area (Å²) in [6.07, 6.45) is 0. The second kappa shape index (κ2) is 6.81. The summed E-state index contributed by atoms with van der Waals surface area (Å²) in [5, 5.41) is 3.08. The van der Waals surface area contributed by atoms with E-state index >= 15 is 0 Å². The number of hydrogen-bond donors (Lipinski definition) is 2. The minimum absolute atomic E-state index is 0.0242. The quantitative estimate of drug-likeness (QED) is 0.802. The van der Waals surface area contributed by atoms with E-state index in [-0.39, 0.29) is 11.9 Å². The highest BCUT2D eigenvalue weighted by molar-refractivity contribution is 7.80. The standard InChI is InChI=1S/C14H22N2OS/c1-10(2)13(9-16(3)4)15-14(17)11-5-7-12(18)8-6-11/h5-8,10,13,18H,9H2,1-4H3,(H,15,17). The molecule has 3 nitrogen and oxygen atoms in total. The maximum absolute atomic E-state index is 12.1. The zero-order valence-corrected chi connectivity index (χ0v) is 12.4. The zero-order chi connectivity index (χ0) is 13.7. The van der Waals surface area contributed by atoms with Crippen LogP contribution in [0, 0.1) is 5.92 Å². The monoisotopic (exact) mass is 266 g/mol. The van der Waals surface area contributed by atoms with Gasteiger partial charge in [0.05, 0.1) is 0 Å². The van der Waals surface area contributed by atoms with Crippen LogP contribution in [0.5, 0.6) is 0 Å². The lowest BCUT2D eigenvalue weighted by molar-refractivity contribution is 0.0916. The molecule has 100 valence electrons. The molecule has 1 aromatic carbocycles. The first-order chi connectivity index (χ1) is 8.40. The van der Waals surface area contributed by atoms with Gasteiger partial charge in [-0.3, -0.25) is 4.79 Å². The van der Waals surface area contributed by atoms with Gasteiger partial charge in [-0.2, -0.15) is 0 Å². The summed E-state index contributed by atoms with van der Waals surface area (Å²) in [5.41, 5.74) is 0.678. The summed E-state index contributed by atoms with van der Waals surface area (Å²) < 4.78 is 0. The first kappa shape index (κ1) is 15.1. The topological polar surface area (TPSA) is 32.3 Å². The van der Waals surface area contributed by atoms with Gasteiger partial charge in [-0.05, 0) is 44.3 Å². The Morgan fingerprint density at radius 2 is 1.83 bits per heavy atom. The predicted molar refractivity (Wildman–Crippen MR) is 78.3 cm³/mol. The van der Waals surface area contributed by atoms with Crippen LogP contribution in [-0.4, -0.2) is 37.5 Å². The Bertz CT molecular complexity index is 387. The molecule has 0 aliphatic heterocycles. The molecular formula is C14H22N2OS. The van der Waals surface area contributed by atoms with Gasteiger partial charge >= 0.3 is 0 Å². The smallest absolute Gasteiger partial charge is 0.251 e. The fraction of sp³-hybridized carbons (Fsp3) is 0.500. The molecule has 1 rings (SSSR count). The molecule has 1 aromatic rings. The van der Waals surface area contributed by atoms with Crippen molar-refractivity contribution in [2.24, 2.45) is 5.92 Å². The molecule has 0 saturated heterocycles. The van der Waals surface area contributed by atoms with Gasteiger partial charge in [0.2, 0.25) is 0 Å². The van der Waals surface area contributed by atoms with Crippen LogP contribution in [0.1, 0.15) is 24.2 Å². The highest BCUT2D eigenvalue weighted by atomic mass is 32.1. The van der Waals surface area contributed by atoms with E-state index in [1.807, 2.05) is 26.2 Å². The van der Waals surface area contributed by atoms with E-state index in [1.54, 1.807) is 12.1 Å². The van der Waals surface area contributed by atoms with E-state index in [2.05, 4.69) is 36.7 Å². The third-order valence-corrected chi connectivity index (χ3v) is 3.11. The number of rotatable bonds is 5. The van der Waals surface area contributed by atoms with Crippen LogP contribution in [0.25, 0.3) is 0 Å². The van der Waals surface area contributed by atoms with Crippen LogP contribution < -0.4 is 5.32 Å². The molecule has 0 heterocycles. The van der Waals surface area contributed by atoms with Crippen LogP contribution >= 0.6 is 12.6 Å². The first-order valence-electron chi connectivity index (χ1n) is 6.14.